The molecule has 0 aliphatic carbocycles. The van der Waals surface area contributed by atoms with Crippen molar-refractivity contribution >= 4 is 26.8 Å². The van der Waals surface area contributed by atoms with Crippen molar-refractivity contribution in [3.63, 3.8) is 0 Å². The molecule has 1 aliphatic heterocycles. The summed E-state index contributed by atoms with van der Waals surface area (Å²) in [7, 11) is -3.80. The Morgan fingerprint density at radius 3 is 3.04 bits per heavy atom. The molecule has 1 atom stereocenters. The average molecular weight is 350 g/mol. The van der Waals surface area contributed by atoms with Crippen molar-refractivity contribution in [3.8, 4) is 0 Å². The third-order valence-corrected chi connectivity index (χ3v) is 5.21. The van der Waals surface area contributed by atoms with E-state index in [4.69, 9.17) is 9.15 Å². The topological polar surface area (TPSA) is 119 Å². The van der Waals surface area contributed by atoms with Gasteiger partial charge in [0.25, 0.3) is 10.0 Å². The van der Waals surface area contributed by atoms with E-state index in [1.165, 1.54) is 24.4 Å². The molecule has 4 rings (SSSR count). The Kier molecular flexibility index (Phi) is 3.43. The van der Waals surface area contributed by atoms with Gasteiger partial charge in [-0.2, -0.15) is 5.10 Å². The Morgan fingerprint density at radius 1 is 1.38 bits per heavy atom. The summed E-state index contributed by atoms with van der Waals surface area (Å²) >= 11 is 0. The van der Waals surface area contributed by atoms with Crippen molar-refractivity contribution < 1.29 is 17.6 Å². The predicted octanol–water partition coefficient (Wildman–Crippen LogP) is 1.08. The molecule has 1 aromatic carbocycles. The second-order valence-electron chi connectivity index (χ2n) is 5.50. The number of rotatable bonds is 4. The predicted molar refractivity (Wildman–Crippen MR) is 84.3 cm³/mol. The summed E-state index contributed by atoms with van der Waals surface area (Å²) in [6, 6.07) is 4.27. The van der Waals surface area contributed by atoms with Gasteiger partial charge in [0.05, 0.1) is 34.9 Å². The van der Waals surface area contributed by atoms with E-state index in [0.29, 0.717) is 30.0 Å². The van der Waals surface area contributed by atoms with Crippen LogP contribution in [0.4, 0.5) is 5.69 Å². The van der Waals surface area contributed by atoms with Crippen molar-refractivity contribution in [2.24, 2.45) is 0 Å². The molecule has 0 spiro atoms. The van der Waals surface area contributed by atoms with Crippen LogP contribution in [0.5, 0.6) is 0 Å². The summed E-state index contributed by atoms with van der Waals surface area (Å²) < 4.78 is 39.3. The van der Waals surface area contributed by atoms with E-state index in [9.17, 15) is 13.2 Å². The Morgan fingerprint density at radius 2 is 2.25 bits per heavy atom. The lowest BCUT2D eigenvalue weighted by atomic mass is 10.3. The highest BCUT2D eigenvalue weighted by molar-refractivity contribution is 7.92. The number of anilines is 1. The van der Waals surface area contributed by atoms with Crippen molar-refractivity contribution in [2.45, 2.75) is 17.4 Å². The minimum Gasteiger partial charge on any atom is -0.408 e. The van der Waals surface area contributed by atoms with Gasteiger partial charge < -0.3 is 9.15 Å². The first kappa shape index (κ1) is 15.0. The van der Waals surface area contributed by atoms with Gasteiger partial charge in [-0.25, -0.2) is 13.2 Å². The fourth-order valence-corrected chi connectivity index (χ4v) is 3.69. The van der Waals surface area contributed by atoms with Gasteiger partial charge in [-0.1, -0.05) is 0 Å². The lowest BCUT2D eigenvalue weighted by Gasteiger charge is -2.08. The lowest BCUT2D eigenvalue weighted by Crippen LogP contribution is -2.13. The van der Waals surface area contributed by atoms with E-state index in [1.807, 2.05) is 0 Å². The van der Waals surface area contributed by atoms with Crippen LogP contribution in [0.3, 0.4) is 0 Å². The number of aromatic nitrogens is 3. The third kappa shape index (κ3) is 2.69. The van der Waals surface area contributed by atoms with Crippen LogP contribution in [0.1, 0.15) is 12.5 Å². The summed E-state index contributed by atoms with van der Waals surface area (Å²) in [4.78, 5) is 13.6. The first-order chi connectivity index (χ1) is 11.5. The maximum Gasteiger partial charge on any atom is 0.417 e. The number of aromatic amines is 1. The summed E-state index contributed by atoms with van der Waals surface area (Å²) in [6.07, 6.45) is 3.93. The Bertz CT molecular complexity index is 1040. The largest absolute Gasteiger partial charge is 0.417 e. The molecule has 0 unspecified atom stereocenters. The van der Waals surface area contributed by atoms with Gasteiger partial charge in [-0.15, -0.1) is 0 Å². The highest BCUT2D eigenvalue weighted by atomic mass is 32.2. The number of nitrogens with one attached hydrogen (secondary N) is 2. The van der Waals surface area contributed by atoms with Crippen molar-refractivity contribution in [1.29, 1.82) is 0 Å². The molecule has 1 aliphatic rings. The standard InChI is InChI=1S/C14H14N4O5S/c19-14-16-12-5-11(1-2-13(12)23-14)24(20,21)17-9-6-15-18(7-9)10-3-4-22-8-10/h1-2,5-7,10,17H,3-4,8H2,(H,16,19)/t10-/m0/s1. The maximum atomic E-state index is 12.5. The molecule has 2 aromatic heterocycles. The van der Waals surface area contributed by atoms with Crippen LogP contribution in [-0.4, -0.2) is 36.4 Å². The number of sulfonamides is 1. The Hall–Kier alpha value is -2.59. The minimum absolute atomic E-state index is 0.0176. The Balaban J connectivity index is 1.60. The smallest absolute Gasteiger partial charge is 0.408 e. The molecule has 0 radical (unpaired) electrons. The number of oxazole rings is 1. The minimum atomic E-state index is -3.80. The molecule has 10 heteroatoms. The molecule has 0 saturated carbocycles. The van der Waals surface area contributed by atoms with E-state index in [0.717, 1.165) is 6.42 Å². The van der Waals surface area contributed by atoms with Crippen LogP contribution >= 0.6 is 0 Å². The number of hydrogen-bond donors (Lipinski definition) is 2. The number of benzene rings is 1. The van der Waals surface area contributed by atoms with Crippen LogP contribution in [0, 0.1) is 0 Å². The van der Waals surface area contributed by atoms with Crippen molar-refractivity contribution in [3.05, 3.63) is 41.1 Å². The molecular formula is C14H14N4O5S. The van der Waals surface area contributed by atoms with Gasteiger partial charge in [0, 0.05) is 12.8 Å². The van der Waals surface area contributed by atoms with E-state index >= 15 is 0 Å². The first-order valence-corrected chi connectivity index (χ1v) is 8.77. The van der Waals surface area contributed by atoms with E-state index in [1.54, 1.807) is 10.9 Å². The van der Waals surface area contributed by atoms with Crippen molar-refractivity contribution in [1.82, 2.24) is 14.8 Å². The molecule has 24 heavy (non-hydrogen) atoms. The number of nitrogens with zero attached hydrogens (tertiary/aromatic N) is 2. The van der Waals surface area contributed by atoms with Gasteiger partial charge in [0.1, 0.15) is 0 Å². The number of ether oxygens (including phenoxy) is 1. The van der Waals surface area contributed by atoms with Crippen LogP contribution < -0.4 is 10.5 Å². The van der Waals surface area contributed by atoms with E-state index < -0.39 is 15.8 Å². The molecular weight excluding hydrogens is 336 g/mol. The number of hydrogen-bond acceptors (Lipinski definition) is 6. The second kappa shape index (κ2) is 5.49. The molecule has 0 amide bonds. The van der Waals surface area contributed by atoms with Crippen LogP contribution in [0.25, 0.3) is 11.1 Å². The molecule has 2 N–H and O–H groups in total. The summed E-state index contributed by atoms with van der Waals surface area (Å²) in [5.74, 6) is -0.632. The zero-order valence-corrected chi connectivity index (χ0v) is 13.2. The number of fused-ring (bicyclic) bond motifs is 1. The molecule has 3 heterocycles. The maximum absolute atomic E-state index is 12.5. The Labute approximate surface area is 136 Å². The monoisotopic (exact) mass is 350 g/mol. The lowest BCUT2D eigenvalue weighted by molar-refractivity contribution is 0.184. The summed E-state index contributed by atoms with van der Waals surface area (Å²) in [6.45, 7) is 1.24. The normalized spacial score (nSPS) is 18.2. The quantitative estimate of drug-likeness (QED) is 0.727. The first-order valence-electron chi connectivity index (χ1n) is 7.29. The van der Waals surface area contributed by atoms with E-state index in [-0.39, 0.29) is 10.9 Å². The van der Waals surface area contributed by atoms with Gasteiger partial charge >= 0.3 is 5.76 Å². The van der Waals surface area contributed by atoms with Crippen LogP contribution in [0.2, 0.25) is 0 Å². The van der Waals surface area contributed by atoms with Crippen LogP contribution in [-0.2, 0) is 14.8 Å². The number of H-pyrrole nitrogens is 1. The zero-order valence-electron chi connectivity index (χ0n) is 12.4. The SMILES string of the molecule is O=c1[nH]c2cc(S(=O)(=O)Nc3cnn([C@H]4CCOC4)c3)ccc2o1. The van der Waals surface area contributed by atoms with Gasteiger partial charge in [0.2, 0.25) is 0 Å². The van der Waals surface area contributed by atoms with E-state index in [2.05, 4.69) is 14.8 Å². The summed E-state index contributed by atoms with van der Waals surface area (Å²) in [5, 5.41) is 4.18. The van der Waals surface area contributed by atoms with Crippen molar-refractivity contribution in [2.75, 3.05) is 17.9 Å². The highest BCUT2D eigenvalue weighted by Gasteiger charge is 2.20. The third-order valence-electron chi connectivity index (χ3n) is 3.83. The van der Waals surface area contributed by atoms with Gasteiger partial charge in [0.15, 0.2) is 5.58 Å². The molecule has 3 aromatic rings. The fourth-order valence-electron chi connectivity index (χ4n) is 2.63. The average Bonchev–Trinajstić information content (AvgIpc) is 3.24. The second-order valence-corrected chi connectivity index (χ2v) is 7.19. The van der Waals surface area contributed by atoms with Crippen LogP contribution in [0.15, 0.2) is 44.7 Å². The summed E-state index contributed by atoms with van der Waals surface area (Å²) in [5.41, 5.74) is 0.984. The van der Waals surface area contributed by atoms with Gasteiger partial charge in [-0.05, 0) is 24.6 Å². The molecule has 0 bridgehead atoms. The zero-order chi connectivity index (χ0) is 16.7. The molecule has 1 saturated heterocycles. The highest BCUT2D eigenvalue weighted by Crippen LogP contribution is 2.22. The fraction of sp³-hybridized carbons (Fsp3) is 0.286. The molecule has 9 nitrogen and oxygen atoms in total. The van der Waals surface area contributed by atoms with Gasteiger partial charge in [-0.3, -0.25) is 14.4 Å². The molecule has 126 valence electrons. The molecule has 1 fully saturated rings.